The summed E-state index contributed by atoms with van der Waals surface area (Å²) in [5.41, 5.74) is 0.516. The van der Waals surface area contributed by atoms with Gasteiger partial charge in [-0.15, -0.1) is 0 Å². The molecular formula is C17H24F3N. The summed E-state index contributed by atoms with van der Waals surface area (Å²) >= 11 is 0. The second-order valence-corrected chi connectivity index (χ2v) is 6.27. The van der Waals surface area contributed by atoms with E-state index in [0.717, 1.165) is 38.3 Å². The fourth-order valence-corrected chi connectivity index (χ4v) is 3.47. The van der Waals surface area contributed by atoms with Crippen LogP contribution in [-0.4, -0.2) is 13.6 Å². The van der Waals surface area contributed by atoms with Crippen molar-refractivity contribution >= 4 is 0 Å². The molecule has 0 unspecified atom stereocenters. The van der Waals surface area contributed by atoms with Gasteiger partial charge in [0, 0.05) is 6.07 Å². The Bertz CT molecular complexity index is 467. The number of aryl methyl sites for hydroxylation is 1. The van der Waals surface area contributed by atoms with Gasteiger partial charge in [-0.2, -0.15) is 0 Å². The fraction of sp³-hybridized carbons (Fsp3) is 0.647. The Kier molecular flexibility index (Phi) is 5.68. The van der Waals surface area contributed by atoms with E-state index in [1.54, 1.807) is 0 Å². The smallest absolute Gasteiger partial charge is 0.161 e. The Labute approximate surface area is 124 Å². The van der Waals surface area contributed by atoms with Gasteiger partial charge in [-0.05, 0) is 62.7 Å². The van der Waals surface area contributed by atoms with Gasteiger partial charge in [0.2, 0.25) is 0 Å². The molecule has 0 aliphatic heterocycles. The van der Waals surface area contributed by atoms with Crippen molar-refractivity contribution in [2.75, 3.05) is 13.6 Å². The van der Waals surface area contributed by atoms with Crippen LogP contribution in [0.5, 0.6) is 0 Å². The fourth-order valence-electron chi connectivity index (χ4n) is 3.47. The van der Waals surface area contributed by atoms with Crippen LogP contribution < -0.4 is 5.32 Å². The molecule has 0 heterocycles. The quantitative estimate of drug-likeness (QED) is 0.757. The average molecular weight is 299 g/mol. The number of halogens is 3. The molecule has 1 aromatic carbocycles. The molecule has 0 radical (unpaired) electrons. The summed E-state index contributed by atoms with van der Waals surface area (Å²) < 4.78 is 40.0. The Morgan fingerprint density at radius 2 is 1.62 bits per heavy atom. The topological polar surface area (TPSA) is 12.0 Å². The Morgan fingerprint density at radius 3 is 2.29 bits per heavy atom. The van der Waals surface area contributed by atoms with Crippen LogP contribution in [-0.2, 0) is 6.42 Å². The summed E-state index contributed by atoms with van der Waals surface area (Å²) in [6, 6.07) is 1.67. The Morgan fingerprint density at radius 1 is 0.952 bits per heavy atom. The zero-order valence-corrected chi connectivity index (χ0v) is 12.7. The van der Waals surface area contributed by atoms with E-state index in [-0.39, 0.29) is 5.41 Å². The maximum atomic E-state index is 13.7. The van der Waals surface area contributed by atoms with Gasteiger partial charge in [0.1, 0.15) is 5.82 Å². The van der Waals surface area contributed by atoms with Gasteiger partial charge in [-0.25, -0.2) is 13.2 Å². The lowest BCUT2D eigenvalue weighted by molar-refractivity contribution is 0.157. The minimum absolute atomic E-state index is 0.221. The number of rotatable bonds is 6. The second kappa shape index (κ2) is 7.30. The molecule has 1 saturated carbocycles. The summed E-state index contributed by atoms with van der Waals surface area (Å²) in [5, 5.41) is 3.18. The summed E-state index contributed by atoms with van der Waals surface area (Å²) in [4.78, 5) is 0. The molecule has 2 rings (SSSR count). The van der Waals surface area contributed by atoms with Gasteiger partial charge in [0.25, 0.3) is 0 Å². The van der Waals surface area contributed by atoms with Crippen molar-refractivity contribution in [3.05, 3.63) is 35.1 Å². The number of nitrogens with one attached hydrogen (secondary N) is 1. The van der Waals surface area contributed by atoms with Crippen molar-refractivity contribution in [3.63, 3.8) is 0 Å². The Balaban J connectivity index is 2.06. The van der Waals surface area contributed by atoms with E-state index in [0.29, 0.717) is 18.1 Å². The first-order valence-corrected chi connectivity index (χ1v) is 7.84. The molecular weight excluding hydrogens is 275 g/mol. The molecule has 1 nitrogen and oxygen atoms in total. The van der Waals surface area contributed by atoms with Crippen LogP contribution in [0.4, 0.5) is 13.2 Å². The molecule has 1 fully saturated rings. The molecule has 0 amide bonds. The van der Waals surface area contributed by atoms with E-state index in [1.807, 2.05) is 7.05 Å². The maximum Gasteiger partial charge on any atom is 0.161 e. The molecule has 0 atom stereocenters. The summed E-state index contributed by atoms with van der Waals surface area (Å²) in [6.07, 6.45) is 8.38. The van der Waals surface area contributed by atoms with Gasteiger partial charge in [-0.3, -0.25) is 0 Å². The molecule has 0 saturated heterocycles. The Hall–Kier alpha value is -1.03. The first kappa shape index (κ1) is 16.3. The molecule has 0 aromatic heterocycles. The van der Waals surface area contributed by atoms with Crippen molar-refractivity contribution in [2.24, 2.45) is 5.41 Å². The number of hydrogen-bond acceptors (Lipinski definition) is 1. The van der Waals surface area contributed by atoms with E-state index in [1.165, 1.54) is 19.3 Å². The maximum absolute atomic E-state index is 13.7. The normalized spacial score (nSPS) is 17.9. The molecule has 21 heavy (non-hydrogen) atoms. The highest BCUT2D eigenvalue weighted by atomic mass is 19.2. The minimum atomic E-state index is -1.11. The zero-order chi connectivity index (χ0) is 15.3. The van der Waals surface area contributed by atoms with Crippen molar-refractivity contribution in [1.29, 1.82) is 0 Å². The minimum Gasteiger partial charge on any atom is -0.320 e. The van der Waals surface area contributed by atoms with Crippen LogP contribution in [0.15, 0.2) is 12.1 Å². The number of benzene rings is 1. The first-order chi connectivity index (χ1) is 10.1. The molecule has 0 spiro atoms. The lowest BCUT2D eigenvalue weighted by Crippen LogP contribution is -2.29. The molecule has 1 aliphatic rings. The van der Waals surface area contributed by atoms with Crippen LogP contribution in [0.3, 0.4) is 0 Å². The van der Waals surface area contributed by atoms with Crippen molar-refractivity contribution in [2.45, 2.75) is 51.4 Å². The molecule has 118 valence electrons. The third kappa shape index (κ3) is 4.22. The first-order valence-electron chi connectivity index (χ1n) is 7.84. The van der Waals surface area contributed by atoms with Gasteiger partial charge < -0.3 is 5.32 Å². The largest absolute Gasteiger partial charge is 0.320 e. The number of hydrogen-bond donors (Lipinski definition) is 1. The predicted octanol–water partition coefficient (Wildman–Crippen LogP) is 4.60. The van der Waals surface area contributed by atoms with Crippen molar-refractivity contribution < 1.29 is 13.2 Å². The van der Waals surface area contributed by atoms with Crippen LogP contribution in [0, 0.1) is 22.9 Å². The molecule has 1 aromatic rings. The van der Waals surface area contributed by atoms with E-state index in [2.05, 4.69) is 5.32 Å². The SMILES string of the molecule is CNCCC1(CCc2cc(F)c(F)cc2F)CCCCC1. The zero-order valence-electron chi connectivity index (χ0n) is 12.7. The van der Waals surface area contributed by atoms with Crippen molar-refractivity contribution in [3.8, 4) is 0 Å². The van der Waals surface area contributed by atoms with Crippen LogP contribution in [0.25, 0.3) is 0 Å². The van der Waals surface area contributed by atoms with Gasteiger partial charge in [-0.1, -0.05) is 19.3 Å². The van der Waals surface area contributed by atoms with E-state index in [4.69, 9.17) is 0 Å². The van der Waals surface area contributed by atoms with Crippen molar-refractivity contribution in [1.82, 2.24) is 5.32 Å². The highest BCUT2D eigenvalue weighted by molar-refractivity contribution is 5.20. The van der Waals surface area contributed by atoms with Crippen LogP contribution in [0.2, 0.25) is 0 Å². The third-order valence-corrected chi connectivity index (χ3v) is 4.83. The summed E-state index contributed by atoms with van der Waals surface area (Å²) in [5.74, 6) is -2.70. The monoisotopic (exact) mass is 299 g/mol. The van der Waals surface area contributed by atoms with E-state index in [9.17, 15) is 13.2 Å². The standard InChI is InChI=1S/C17H24F3N/c1-21-10-9-17(6-3-2-4-7-17)8-5-13-11-15(19)16(20)12-14(13)18/h11-12,21H,2-10H2,1H3. The van der Waals surface area contributed by atoms with Gasteiger partial charge in [0.15, 0.2) is 11.6 Å². The molecule has 1 N–H and O–H groups in total. The van der Waals surface area contributed by atoms with Crippen LogP contribution >= 0.6 is 0 Å². The average Bonchev–Trinajstić information content (AvgIpc) is 2.49. The molecule has 0 bridgehead atoms. The van der Waals surface area contributed by atoms with E-state index >= 15 is 0 Å². The molecule has 1 aliphatic carbocycles. The highest BCUT2D eigenvalue weighted by Gasteiger charge is 2.31. The molecule has 4 heteroatoms. The highest BCUT2D eigenvalue weighted by Crippen LogP contribution is 2.43. The van der Waals surface area contributed by atoms with E-state index < -0.39 is 17.5 Å². The van der Waals surface area contributed by atoms with Gasteiger partial charge >= 0.3 is 0 Å². The third-order valence-electron chi connectivity index (χ3n) is 4.83. The lowest BCUT2D eigenvalue weighted by Gasteiger charge is -2.38. The van der Waals surface area contributed by atoms with Crippen LogP contribution in [0.1, 0.15) is 50.5 Å². The lowest BCUT2D eigenvalue weighted by atomic mass is 9.68. The summed E-state index contributed by atoms with van der Waals surface area (Å²) in [6.45, 7) is 0.945. The predicted molar refractivity (Wildman–Crippen MR) is 78.7 cm³/mol. The van der Waals surface area contributed by atoms with Gasteiger partial charge in [0.05, 0.1) is 0 Å². The second-order valence-electron chi connectivity index (χ2n) is 6.27. The summed E-state index contributed by atoms with van der Waals surface area (Å²) in [7, 11) is 1.94.